The van der Waals surface area contributed by atoms with Gasteiger partial charge in [-0.2, -0.15) is 0 Å². The maximum Gasteiger partial charge on any atom is 0.0824 e. The Morgan fingerprint density at radius 1 is 1.10 bits per heavy atom. The molecule has 0 aromatic rings. The lowest BCUT2D eigenvalue weighted by atomic mass is 9.67. The third kappa shape index (κ3) is 7.53. The number of hydrogen-bond donors (Lipinski definition) is 3. The van der Waals surface area contributed by atoms with Crippen LogP contribution in [0.2, 0.25) is 0 Å². The summed E-state index contributed by atoms with van der Waals surface area (Å²) in [5.41, 5.74) is -1.30. The van der Waals surface area contributed by atoms with Crippen LogP contribution in [0.1, 0.15) is 97.8 Å². The Bertz CT molecular complexity index is 772. The Hall–Kier alpha value is 0.0500. The van der Waals surface area contributed by atoms with Gasteiger partial charge in [0.05, 0.1) is 36.6 Å². The standard InChI is InChI=1S/C32H57ClN2O4/c1-22-19-35(17-14-32(22,37)23-8-10-24(33)11-9-23)16-5-7-26-27-6-4-15-34-29(27)20-38-30-13-12-25(18-28(26)30)39-21-31(2,3)36/h22-30,34,36-37H,4-21H2,1-3H3/t22?,23?,24?,25-,26+,27-,28+,29?,30?,32?/m0/s1. The maximum absolute atomic E-state index is 11.7. The smallest absolute Gasteiger partial charge is 0.0824 e. The summed E-state index contributed by atoms with van der Waals surface area (Å²) in [6, 6.07) is 0.484. The van der Waals surface area contributed by atoms with E-state index in [0.29, 0.717) is 53.7 Å². The first-order valence-electron chi connectivity index (χ1n) is 16.4. The molecule has 5 aliphatic rings. The second-order valence-corrected chi connectivity index (χ2v) is 15.3. The number of halogens is 1. The van der Waals surface area contributed by atoms with Crippen molar-refractivity contribution in [3.05, 3.63) is 0 Å². The summed E-state index contributed by atoms with van der Waals surface area (Å²) >= 11 is 6.37. The zero-order valence-electron chi connectivity index (χ0n) is 25.0. The highest BCUT2D eigenvalue weighted by molar-refractivity contribution is 6.20. The van der Waals surface area contributed by atoms with Gasteiger partial charge >= 0.3 is 0 Å². The molecule has 2 aliphatic carbocycles. The second kappa shape index (κ2) is 13.1. The fourth-order valence-corrected chi connectivity index (χ4v) is 9.30. The van der Waals surface area contributed by atoms with Gasteiger partial charge in [-0.15, -0.1) is 11.6 Å². The Labute approximate surface area is 242 Å². The fraction of sp³-hybridized carbons (Fsp3) is 1.00. The van der Waals surface area contributed by atoms with Crippen molar-refractivity contribution in [2.45, 2.75) is 133 Å². The van der Waals surface area contributed by atoms with E-state index in [2.05, 4.69) is 17.1 Å². The normalized spacial score (nSPS) is 44.3. The minimum atomic E-state index is -0.782. The van der Waals surface area contributed by atoms with E-state index < -0.39 is 11.2 Å². The average Bonchev–Trinajstić information content (AvgIpc) is 3.06. The molecule has 5 fully saturated rings. The van der Waals surface area contributed by atoms with E-state index in [1.807, 2.05) is 13.8 Å². The van der Waals surface area contributed by atoms with Crippen LogP contribution in [0.4, 0.5) is 0 Å². The number of nitrogens with zero attached hydrogens (tertiary/aromatic N) is 1. The number of piperidine rings is 2. The number of hydrogen-bond acceptors (Lipinski definition) is 6. The lowest BCUT2D eigenvalue weighted by molar-refractivity contribution is -0.116. The lowest BCUT2D eigenvalue weighted by Crippen LogP contribution is -2.55. The molecule has 3 aliphatic heterocycles. The quantitative estimate of drug-likeness (QED) is 0.359. The van der Waals surface area contributed by atoms with Crippen molar-refractivity contribution in [2.24, 2.45) is 29.6 Å². The number of fused-ring (bicyclic) bond motifs is 2. The van der Waals surface area contributed by atoms with Crippen LogP contribution in [0.25, 0.3) is 0 Å². The molecule has 0 spiro atoms. The summed E-state index contributed by atoms with van der Waals surface area (Å²) in [6.07, 6.45) is 14.0. The summed E-state index contributed by atoms with van der Waals surface area (Å²) in [6.45, 7) is 11.5. The molecule has 0 amide bonds. The van der Waals surface area contributed by atoms with E-state index in [-0.39, 0.29) is 6.10 Å². The predicted molar refractivity (Wildman–Crippen MR) is 157 cm³/mol. The van der Waals surface area contributed by atoms with E-state index in [4.69, 9.17) is 21.1 Å². The zero-order valence-corrected chi connectivity index (χ0v) is 25.7. The molecule has 4 unspecified atom stereocenters. The second-order valence-electron chi connectivity index (χ2n) is 14.7. The van der Waals surface area contributed by atoms with E-state index in [9.17, 15) is 10.2 Å². The van der Waals surface area contributed by atoms with Gasteiger partial charge in [0.2, 0.25) is 0 Å². The molecular formula is C32H57ClN2O4. The van der Waals surface area contributed by atoms with Gasteiger partial charge in [0.1, 0.15) is 0 Å². The Kier molecular flexibility index (Phi) is 10.3. The molecule has 8 atom stereocenters. The monoisotopic (exact) mass is 568 g/mol. The van der Waals surface area contributed by atoms with E-state index >= 15 is 0 Å². The highest BCUT2D eigenvalue weighted by atomic mass is 35.5. The first-order valence-corrected chi connectivity index (χ1v) is 16.8. The molecule has 0 radical (unpaired) electrons. The van der Waals surface area contributed by atoms with E-state index in [1.54, 1.807) is 0 Å². The fourth-order valence-electron chi connectivity index (χ4n) is 9.05. The molecule has 5 rings (SSSR count). The molecule has 6 nitrogen and oxygen atoms in total. The molecule has 3 saturated heterocycles. The highest BCUT2D eigenvalue weighted by Gasteiger charge is 2.47. The largest absolute Gasteiger partial charge is 0.389 e. The van der Waals surface area contributed by atoms with Crippen LogP contribution in [0.15, 0.2) is 0 Å². The Morgan fingerprint density at radius 2 is 1.90 bits per heavy atom. The molecular weight excluding hydrogens is 512 g/mol. The maximum atomic E-state index is 11.7. The van der Waals surface area contributed by atoms with Crippen molar-refractivity contribution in [1.82, 2.24) is 10.2 Å². The zero-order chi connectivity index (χ0) is 27.6. The average molecular weight is 569 g/mol. The van der Waals surface area contributed by atoms with Crippen LogP contribution < -0.4 is 5.32 Å². The number of nitrogens with one attached hydrogen (secondary N) is 1. The highest BCUT2D eigenvalue weighted by Crippen LogP contribution is 2.46. The van der Waals surface area contributed by atoms with Crippen molar-refractivity contribution in [1.29, 1.82) is 0 Å². The van der Waals surface area contributed by atoms with Gasteiger partial charge in [0.15, 0.2) is 0 Å². The Morgan fingerprint density at radius 3 is 2.64 bits per heavy atom. The predicted octanol–water partition coefficient (Wildman–Crippen LogP) is 4.98. The van der Waals surface area contributed by atoms with E-state index in [1.165, 1.54) is 25.7 Å². The topological polar surface area (TPSA) is 74.2 Å². The van der Waals surface area contributed by atoms with Crippen LogP contribution in [0.5, 0.6) is 0 Å². The molecule has 0 aromatic heterocycles. The molecule has 7 heteroatoms. The minimum Gasteiger partial charge on any atom is -0.389 e. The number of rotatable bonds is 8. The van der Waals surface area contributed by atoms with Crippen molar-refractivity contribution in [2.75, 3.05) is 39.4 Å². The lowest BCUT2D eigenvalue weighted by Gasteiger charge is -2.49. The molecule has 3 N–H and O–H groups in total. The van der Waals surface area contributed by atoms with Crippen molar-refractivity contribution >= 4 is 11.6 Å². The van der Waals surface area contributed by atoms with Gasteiger partial charge in [-0.3, -0.25) is 0 Å². The first kappa shape index (κ1) is 30.5. The summed E-state index contributed by atoms with van der Waals surface area (Å²) < 4.78 is 12.8. The molecule has 39 heavy (non-hydrogen) atoms. The molecule has 226 valence electrons. The summed E-state index contributed by atoms with van der Waals surface area (Å²) in [5.74, 6) is 2.62. The van der Waals surface area contributed by atoms with Gasteiger partial charge in [0, 0.05) is 24.5 Å². The van der Waals surface area contributed by atoms with Crippen molar-refractivity contribution < 1.29 is 19.7 Å². The third-order valence-electron chi connectivity index (χ3n) is 11.3. The van der Waals surface area contributed by atoms with Crippen LogP contribution in [-0.2, 0) is 9.47 Å². The van der Waals surface area contributed by atoms with E-state index in [0.717, 1.165) is 84.2 Å². The first-order chi connectivity index (χ1) is 18.6. The van der Waals surface area contributed by atoms with Gasteiger partial charge in [-0.1, -0.05) is 6.92 Å². The van der Waals surface area contributed by atoms with Gasteiger partial charge in [-0.05, 0) is 134 Å². The summed E-state index contributed by atoms with van der Waals surface area (Å²) in [4.78, 5) is 2.63. The van der Waals surface area contributed by atoms with Crippen LogP contribution in [-0.4, -0.2) is 89.3 Å². The molecule has 0 bridgehead atoms. The summed E-state index contributed by atoms with van der Waals surface area (Å²) in [7, 11) is 0. The van der Waals surface area contributed by atoms with Crippen molar-refractivity contribution in [3.8, 4) is 0 Å². The summed E-state index contributed by atoms with van der Waals surface area (Å²) in [5, 5.41) is 26.0. The van der Waals surface area contributed by atoms with Crippen LogP contribution >= 0.6 is 11.6 Å². The number of aliphatic hydroxyl groups is 2. The van der Waals surface area contributed by atoms with Crippen molar-refractivity contribution in [3.63, 3.8) is 0 Å². The van der Waals surface area contributed by atoms with Gasteiger partial charge < -0.3 is 29.9 Å². The number of likely N-dealkylation sites (tertiary alicyclic amines) is 1. The number of alkyl halides is 1. The Balaban J connectivity index is 1.18. The molecule has 0 aromatic carbocycles. The van der Waals surface area contributed by atoms with Gasteiger partial charge in [0.25, 0.3) is 0 Å². The number of ether oxygens (including phenoxy) is 2. The van der Waals surface area contributed by atoms with Gasteiger partial charge in [-0.25, -0.2) is 0 Å². The van der Waals surface area contributed by atoms with Crippen LogP contribution in [0.3, 0.4) is 0 Å². The third-order valence-corrected chi connectivity index (χ3v) is 11.7. The molecule has 3 heterocycles. The minimum absolute atomic E-state index is 0.228. The molecule has 2 saturated carbocycles. The SMILES string of the molecule is CC1CN(CCC[C@@H]2[C@@H]3CCCNC3COC3CC[C@H](OCC(C)(C)O)C[C@@H]32)CCC1(O)C1CCC(Cl)CC1. The van der Waals surface area contributed by atoms with Crippen LogP contribution in [0, 0.1) is 29.6 Å².